The molecule has 0 unspecified atom stereocenters. The third-order valence-electron chi connectivity index (χ3n) is 5.39. The zero-order valence-electron chi connectivity index (χ0n) is 18.7. The van der Waals surface area contributed by atoms with Crippen molar-refractivity contribution in [2.24, 2.45) is 0 Å². The van der Waals surface area contributed by atoms with Crippen LogP contribution in [0, 0.1) is 6.92 Å². The first kappa shape index (κ1) is 22.1. The lowest BCUT2D eigenvalue weighted by Crippen LogP contribution is -2.30. The molecule has 0 radical (unpaired) electrons. The summed E-state index contributed by atoms with van der Waals surface area (Å²) in [5, 5.41) is 4.93. The molecule has 166 valence electrons. The molecule has 0 spiro atoms. The molecule has 0 fully saturated rings. The summed E-state index contributed by atoms with van der Waals surface area (Å²) in [6.07, 6.45) is 0. The Kier molecular flexibility index (Phi) is 6.69. The highest BCUT2D eigenvalue weighted by molar-refractivity contribution is 6.11. The Hall–Kier alpha value is -4.12. The highest BCUT2D eigenvalue weighted by Gasteiger charge is 2.18. The largest absolute Gasteiger partial charge is 0.484 e. The molecule has 0 saturated carbocycles. The minimum atomic E-state index is -0.262. The Bertz CT molecular complexity index is 1280. The summed E-state index contributed by atoms with van der Waals surface area (Å²) in [6, 6.07) is 28.5. The van der Waals surface area contributed by atoms with Gasteiger partial charge in [-0.1, -0.05) is 48.5 Å². The number of carbonyl (C=O) groups is 2. The van der Waals surface area contributed by atoms with Gasteiger partial charge in [0.15, 0.2) is 6.61 Å². The zero-order chi connectivity index (χ0) is 23.2. The molecule has 0 bridgehead atoms. The molecule has 1 N–H and O–H groups in total. The van der Waals surface area contributed by atoms with Gasteiger partial charge in [-0.2, -0.15) is 0 Å². The predicted octanol–water partition coefficient (Wildman–Crippen LogP) is 5.83. The molecule has 0 aliphatic carbocycles. The topological polar surface area (TPSA) is 58.6 Å². The Morgan fingerprint density at radius 2 is 1.61 bits per heavy atom. The standard InChI is InChI=1S/C28H26N2O3/c1-3-30(26-13-7-10-21-9-4-5-12-25(21)26)28(32)22-14-16-23(17-15-22)29-27(31)19-33-24-11-6-8-20(2)18-24/h4-18H,3,19H2,1-2H3,(H,29,31). The monoisotopic (exact) mass is 438 g/mol. The lowest BCUT2D eigenvalue weighted by molar-refractivity contribution is -0.118. The van der Waals surface area contributed by atoms with Crippen LogP contribution in [0.2, 0.25) is 0 Å². The van der Waals surface area contributed by atoms with E-state index in [0.29, 0.717) is 23.5 Å². The van der Waals surface area contributed by atoms with Crippen LogP contribution in [0.25, 0.3) is 10.8 Å². The molecule has 33 heavy (non-hydrogen) atoms. The number of anilines is 2. The molecular formula is C28H26N2O3. The smallest absolute Gasteiger partial charge is 0.262 e. The van der Waals surface area contributed by atoms with Crippen LogP contribution in [-0.4, -0.2) is 25.0 Å². The Morgan fingerprint density at radius 1 is 0.879 bits per heavy atom. The fraction of sp³-hybridized carbons (Fsp3) is 0.143. The van der Waals surface area contributed by atoms with E-state index in [1.54, 1.807) is 29.2 Å². The molecule has 0 aromatic heterocycles. The summed E-state index contributed by atoms with van der Waals surface area (Å²) in [6.45, 7) is 4.38. The van der Waals surface area contributed by atoms with Crippen molar-refractivity contribution in [3.8, 4) is 5.75 Å². The van der Waals surface area contributed by atoms with Crippen LogP contribution < -0.4 is 15.0 Å². The minimum Gasteiger partial charge on any atom is -0.484 e. The SMILES string of the molecule is CCN(C(=O)c1ccc(NC(=O)COc2cccc(C)c2)cc1)c1cccc2ccccc12. The summed E-state index contributed by atoms with van der Waals surface area (Å²) in [4.78, 5) is 27.3. The number of nitrogens with one attached hydrogen (secondary N) is 1. The summed E-state index contributed by atoms with van der Waals surface area (Å²) in [7, 11) is 0. The third-order valence-corrected chi connectivity index (χ3v) is 5.39. The van der Waals surface area contributed by atoms with Gasteiger partial charge in [0, 0.05) is 23.2 Å². The van der Waals surface area contributed by atoms with Crippen LogP contribution in [0.3, 0.4) is 0 Å². The van der Waals surface area contributed by atoms with Crippen molar-refractivity contribution in [2.75, 3.05) is 23.4 Å². The number of carbonyl (C=O) groups excluding carboxylic acids is 2. The lowest BCUT2D eigenvalue weighted by atomic mass is 10.1. The first-order valence-corrected chi connectivity index (χ1v) is 10.9. The molecule has 0 aliphatic heterocycles. The van der Waals surface area contributed by atoms with Crippen LogP contribution >= 0.6 is 0 Å². The molecule has 0 atom stereocenters. The van der Waals surface area contributed by atoms with Gasteiger partial charge in [-0.15, -0.1) is 0 Å². The zero-order valence-corrected chi connectivity index (χ0v) is 18.7. The molecule has 0 heterocycles. The van der Waals surface area contributed by atoms with E-state index in [0.717, 1.165) is 22.0 Å². The van der Waals surface area contributed by atoms with Crippen molar-refractivity contribution in [3.05, 3.63) is 102 Å². The molecular weight excluding hydrogens is 412 g/mol. The van der Waals surface area contributed by atoms with Crippen molar-refractivity contribution in [1.82, 2.24) is 0 Å². The molecule has 4 aromatic carbocycles. The van der Waals surface area contributed by atoms with E-state index in [-0.39, 0.29) is 18.4 Å². The maximum Gasteiger partial charge on any atom is 0.262 e. The second-order valence-electron chi connectivity index (χ2n) is 7.78. The Labute approximate surface area is 193 Å². The number of hydrogen-bond acceptors (Lipinski definition) is 3. The van der Waals surface area contributed by atoms with Gasteiger partial charge in [-0.05, 0) is 67.3 Å². The second kappa shape index (κ2) is 10.0. The minimum absolute atomic E-state index is 0.0884. The molecule has 5 nitrogen and oxygen atoms in total. The summed E-state index contributed by atoms with van der Waals surface area (Å²) < 4.78 is 5.54. The van der Waals surface area contributed by atoms with Gasteiger partial charge in [0.25, 0.3) is 11.8 Å². The van der Waals surface area contributed by atoms with Gasteiger partial charge >= 0.3 is 0 Å². The highest BCUT2D eigenvalue weighted by Crippen LogP contribution is 2.28. The summed E-state index contributed by atoms with van der Waals surface area (Å²) >= 11 is 0. The molecule has 0 saturated heterocycles. The number of aryl methyl sites for hydroxylation is 1. The molecule has 5 heteroatoms. The molecule has 0 aliphatic rings. The fourth-order valence-corrected chi connectivity index (χ4v) is 3.77. The molecule has 2 amide bonds. The van der Waals surface area contributed by atoms with E-state index in [2.05, 4.69) is 5.32 Å². The molecule has 4 aromatic rings. The number of nitrogens with zero attached hydrogens (tertiary/aromatic N) is 1. The number of benzene rings is 4. The first-order valence-electron chi connectivity index (χ1n) is 10.9. The van der Waals surface area contributed by atoms with Crippen molar-refractivity contribution in [1.29, 1.82) is 0 Å². The van der Waals surface area contributed by atoms with Gasteiger partial charge in [0.2, 0.25) is 0 Å². The number of ether oxygens (including phenoxy) is 1. The van der Waals surface area contributed by atoms with Gasteiger partial charge in [0.05, 0.1) is 5.69 Å². The van der Waals surface area contributed by atoms with Crippen LogP contribution in [-0.2, 0) is 4.79 Å². The van der Waals surface area contributed by atoms with Crippen molar-refractivity contribution < 1.29 is 14.3 Å². The van der Waals surface area contributed by atoms with Gasteiger partial charge in [-0.3, -0.25) is 9.59 Å². The highest BCUT2D eigenvalue weighted by atomic mass is 16.5. The van der Waals surface area contributed by atoms with E-state index >= 15 is 0 Å². The van der Waals surface area contributed by atoms with E-state index < -0.39 is 0 Å². The van der Waals surface area contributed by atoms with Crippen LogP contribution in [0.5, 0.6) is 5.75 Å². The van der Waals surface area contributed by atoms with Crippen molar-refractivity contribution >= 4 is 34.0 Å². The fourth-order valence-electron chi connectivity index (χ4n) is 3.77. The third kappa shape index (κ3) is 5.21. The van der Waals surface area contributed by atoms with Gasteiger partial charge in [-0.25, -0.2) is 0 Å². The Balaban J connectivity index is 1.43. The van der Waals surface area contributed by atoms with E-state index in [1.165, 1.54) is 0 Å². The van der Waals surface area contributed by atoms with E-state index in [4.69, 9.17) is 4.74 Å². The number of fused-ring (bicyclic) bond motifs is 1. The Morgan fingerprint density at radius 3 is 2.36 bits per heavy atom. The van der Waals surface area contributed by atoms with E-state index in [9.17, 15) is 9.59 Å². The quantitative estimate of drug-likeness (QED) is 0.395. The maximum absolute atomic E-state index is 13.3. The average Bonchev–Trinajstić information content (AvgIpc) is 2.84. The summed E-state index contributed by atoms with van der Waals surface area (Å²) in [5.74, 6) is 0.301. The number of hydrogen-bond donors (Lipinski definition) is 1. The first-order chi connectivity index (χ1) is 16.0. The molecule has 4 rings (SSSR count). The van der Waals surface area contributed by atoms with Crippen LogP contribution in [0.4, 0.5) is 11.4 Å². The van der Waals surface area contributed by atoms with Crippen LogP contribution in [0.15, 0.2) is 91.0 Å². The van der Waals surface area contributed by atoms with Gasteiger partial charge < -0.3 is 15.0 Å². The number of rotatable bonds is 7. The number of amides is 2. The summed E-state index contributed by atoms with van der Waals surface area (Å²) in [5.41, 5.74) is 3.11. The van der Waals surface area contributed by atoms with Crippen molar-refractivity contribution in [3.63, 3.8) is 0 Å². The van der Waals surface area contributed by atoms with Gasteiger partial charge in [0.1, 0.15) is 5.75 Å². The lowest BCUT2D eigenvalue weighted by Gasteiger charge is -2.23. The average molecular weight is 439 g/mol. The normalized spacial score (nSPS) is 10.6. The van der Waals surface area contributed by atoms with Crippen molar-refractivity contribution in [2.45, 2.75) is 13.8 Å². The second-order valence-corrected chi connectivity index (χ2v) is 7.78. The van der Waals surface area contributed by atoms with E-state index in [1.807, 2.05) is 80.6 Å². The predicted molar refractivity (Wildman–Crippen MR) is 133 cm³/mol. The van der Waals surface area contributed by atoms with Crippen LogP contribution in [0.1, 0.15) is 22.8 Å². The maximum atomic E-state index is 13.3.